The number of nitrogens with zero attached hydrogens (tertiary/aromatic N) is 3. The molecule has 1 aromatic heterocycles. The standard InChI is InChI=1S/C18H17ClN4O/c19-17-4-2-1-3-15(17)7-10-18(24)22-16-8-5-14(6-9-16)11-23-13-20-12-21-23/h1-6,8-9,12-13H,7,10-11H2,(H,22,24). The Kier molecular flexibility index (Phi) is 5.23. The predicted molar refractivity (Wildman–Crippen MR) is 94.0 cm³/mol. The van der Waals surface area contributed by atoms with E-state index < -0.39 is 0 Å². The van der Waals surface area contributed by atoms with Gasteiger partial charge in [0.1, 0.15) is 12.7 Å². The lowest BCUT2D eigenvalue weighted by Gasteiger charge is -2.07. The van der Waals surface area contributed by atoms with Gasteiger partial charge >= 0.3 is 0 Å². The molecule has 24 heavy (non-hydrogen) atoms. The summed E-state index contributed by atoms with van der Waals surface area (Å²) in [4.78, 5) is 16.0. The monoisotopic (exact) mass is 340 g/mol. The van der Waals surface area contributed by atoms with Gasteiger partial charge in [-0.05, 0) is 35.7 Å². The van der Waals surface area contributed by atoms with Crippen LogP contribution >= 0.6 is 11.6 Å². The Morgan fingerprint density at radius 3 is 2.62 bits per heavy atom. The molecule has 122 valence electrons. The summed E-state index contributed by atoms with van der Waals surface area (Å²) in [5.74, 6) is -0.0288. The molecule has 1 heterocycles. The maximum atomic E-state index is 12.1. The van der Waals surface area contributed by atoms with Crippen LogP contribution in [-0.2, 0) is 17.8 Å². The number of hydrogen-bond donors (Lipinski definition) is 1. The van der Waals surface area contributed by atoms with Crippen LogP contribution in [-0.4, -0.2) is 20.7 Å². The molecule has 1 N–H and O–H groups in total. The average Bonchev–Trinajstić information content (AvgIpc) is 3.09. The second kappa shape index (κ2) is 7.75. The van der Waals surface area contributed by atoms with Crippen LogP contribution in [0.1, 0.15) is 17.5 Å². The fourth-order valence-corrected chi connectivity index (χ4v) is 2.60. The van der Waals surface area contributed by atoms with Crippen molar-refractivity contribution >= 4 is 23.2 Å². The van der Waals surface area contributed by atoms with Crippen molar-refractivity contribution in [3.05, 3.63) is 77.3 Å². The number of anilines is 1. The largest absolute Gasteiger partial charge is 0.326 e. The Morgan fingerprint density at radius 2 is 1.92 bits per heavy atom. The molecular formula is C18H17ClN4O. The first kappa shape index (κ1) is 16.2. The minimum absolute atomic E-state index is 0.0288. The quantitative estimate of drug-likeness (QED) is 0.746. The van der Waals surface area contributed by atoms with Crippen molar-refractivity contribution in [2.24, 2.45) is 0 Å². The number of rotatable bonds is 6. The van der Waals surface area contributed by atoms with E-state index in [2.05, 4.69) is 15.4 Å². The molecule has 0 unspecified atom stereocenters. The van der Waals surface area contributed by atoms with Gasteiger partial charge in [0, 0.05) is 17.1 Å². The summed E-state index contributed by atoms with van der Waals surface area (Å²) < 4.78 is 1.75. The van der Waals surface area contributed by atoms with Crippen LogP contribution < -0.4 is 5.32 Å². The third-order valence-electron chi connectivity index (χ3n) is 3.63. The number of amides is 1. The van der Waals surface area contributed by atoms with Crippen LogP contribution in [0.4, 0.5) is 5.69 Å². The molecule has 6 heteroatoms. The van der Waals surface area contributed by atoms with Gasteiger partial charge in [-0.15, -0.1) is 0 Å². The smallest absolute Gasteiger partial charge is 0.224 e. The Labute approximate surface area is 145 Å². The molecule has 0 radical (unpaired) electrons. The summed E-state index contributed by atoms with van der Waals surface area (Å²) in [7, 11) is 0. The molecule has 3 aromatic rings. The molecule has 0 aliphatic rings. The van der Waals surface area contributed by atoms with Crippen molar-refractivity contribution in [2.75, 3.05) is 5.32 Å². The van der Waals surface area contributed by atoms with E-state index in [9.17, 15) is 4.79 Å². The summed E-state index contributed by atoms with van der Waals surface area (Å²) in [6.45, 7) is 0.654. The summed E-state index contributed by atoms with van der Waals surface area (Å²) in [6.07, 6.45) is 4.19. The molecule has 0 aliphatic heterocycles. The zero-order valence-electron chi connectivity index (χ0n) is 13.0. The predicted octanol–water partition coefficient (Wildman–Crippen LogP) is 3.55. The number of benzene rings is 2. The molecular weight excluding hydrogens is 324 g/mol. The van der Waals surface area contributed by atoms with E-state index in [1.807, 2.05) is 48.5 Å². The highest BCUT2D eigenvalue weighted by molar-refractivity contribution is 6.31. The molecule has 0 spiro atoms. The first-order valence-corrected chi connectivity index (χ1v) is 8.03. The zero-order valence-corrected chi connectivity index (χ0v) is 13.8. The first-order chi connectivity index (χ1) is 11.7. The second-order valence-electron chi connectivity index (χ2n) is 5.43. The minimum Gasteiger partial charge on any atom is -0.326 e. The lowest BCUT2D eigenvalue weighted by molar-refractivity contribution is -0.116. The highest BCUT2D eigenvalue weighted by atomic mass is 35.5. The van der Waals surface area contributed by atoms with Crippen LogP contribution in [0.25, 0.3) is 0 Å². The number of aromatic nitrogens is 3. The van der Waals surface area contributed by atoms with Crippen molar-refractivity contribution in [2.45, 2.75) is 19.4 Å². The normalized spacial score (nSPS) is 10.5. The van der Waals surface area contributed by atoms with Gasteiger partial charge in [-0.2, -0.15) is 5.10 Å². The molecule has 0 bridgehead atoms. The summed E-state index contributed by atoms with van der Waals surface area (Å²) in [5.41, 5.74) is 2.86. The van der Waals surface area contributed by atoms with Gasteiger partial charge < -0.3 is 5.32 Å². The van der Waals surface area contributed by atoms with E-state index in [1.54, 1.807) is 11.0 Å². The Balaban J connectivity index is 1.52. The Hall–Kier alpha value is -2.66. The lowest BCUT2D eigenvalue weighted by Crippen LogP contribution is -2.12. The summed E-state index contributed by atoms with van der Waals surface area (Å²) >= 11 is 6.10. The topological polar surface area (TPSA) is 59.8 Å². The zero-order chi connectivity index (χ0) is 16.8. The highest BCUT2D eigenvalue weighted by Gasteiger charge is 2.06. The molecule has 0 saturated heterocycles. The number of nitrogens with one attached hydrogen (secondary N) is 1. The van der Waals surface area contributed by atoms with E-state index in [0.717, 1.165) is 16.8 Å². The maximum Gasteiger partial charge on any atom is 0.224 e. The van der Waals surface area contributed by atoms with Crippen molar-refractivity contribution in [1.82, 2.24) is 14.8 Å². The van der Waals surface area contributed by atoms with Gasteiger partial charge in [0.25, 0.3) is 0 Å². The number of carbonyl (C=O) groups is 1. The SMILES string of the molecule is O=C(CCc1ccccc1Cl)Nc1ccc(Cn2cncn2)cc1. The molecule has 5 nitrogen and oxygen atoms in total. The number of aryl methyl sites for hydroxylation is 1. The van der Waals surface area contributed by atoms with Crippen LogP contribution in [0.3, 0.4) is 0 Å². The summed E-state index contributed by atoms with van der Waals surface area (Å²) in [6, 6.07) is 15.3. The van der Waals surface area contributed by atoms with Crippen molar-refractivity contribution in [3.63, 3.8) is 0 Å². The summed E-state index contributed by atoms with van der Waals surface area (Å²) in [5, 5.41) is 7.67. The third kappa shape index (κ3) is 4.43. The van der Waals surface area contributed by atoms with Crippen LogP contribution in [0, 0.1) is 0 Å². The van der Waals surface area contributed by atoms with Crippen molar-refractivity contribution < 1.29 is 4.79 Å². The fourth-order valence-electron chi connectivity index (χ4n) is 2.37. The Morgan fingerprint density at radius 1 is 1.12 bits per heavy atom. The molecule has 2 aromatic carbocycles. The van der Waals surface area contributed by atoms with Crippen LogP contribution in [0.5, 0.6) is 0 Å². The Bertz CT molecular complexity index is 800. The van der Waals surface area contributed by atoms with Gasteiger partial charge in [-0.25, -0.2) is 9.67 Å². The number of carbonyl (C=O) groups excluding carboxylic acids is 1. The highest BCUT2D eigenvalue weighted by Crippen LogP contribution is 2.17. The van der Waals surface area contributed by atoms with E-state index in [-0.39, 0.29) is 5.91 Å². The van der Waals surface area contributed by atoms with E-state index in [1.165, 1.54) is 6.33 Å². The molecule has 0 saturated carbocycles. The van der Waals surface area contributed by atoms with Gasteiger partial charge in [0.2, 0.25) is 5.91 Å². The number of halogens is 1. The fraction of sp³-hybridized carbons (Fsp3) is 0.167. The molecule has 3 rings (SSSR count). The second-order valence-corrected chi connectivity index (χ2v) is 5.84. The van der Waals surface area contributed by atoms with E-state index in [0.29, 0.717) is 24.4 Å². The van der Waals surface area contributed by atoms with Gasteiger partial charge in [0.15, 0.2) is 0 Å². The van der Waals surface area contributed by atoms with Gasteiger partial charge in [-0.1, -0.05) is 41.9 Å². The van der Waals surface area contributed by atoms with Gasteiger partial charge in [0.05, 0.1) is 6.54 Å². The lowest BCUT2D eigenvalue weighted by atomic mass is 10.1. The molecule has 0 aliphatic carbocycles. The van der Waals surface area contributed by atoms with Crippen LogP contribution in [0.2, 0.25) is 5.02 Å². The molecule has 0 fully saturated rings. The number of hydrogen-bond acceptors (Lipinski definition) is 3. The van der Waals surface area contributed by atoms with Crippen LogP contribution in [0.15, 0.2) is 61.2 Å². The molecule has 1 amide bonds. The van der Waals surface area contributed by atoms with Crippen molar-refractivity contribution in [3.8, 4) is 0 Å². The minimum atomic E-state index is -0.0288. The average molecular weight is 341 g/mol. The third-order valence-corrected chi connectivity index (χ3v) is 4.00. The van der Waals surface area contributed by atoms with E-state index in [4.69, 9.17) is 11.6 Å². The molecule has 0 atom stereocenters. The first-order valence-electron chi connectivity index (χ1n) is 7.65. The van der Waals surface area contributed by atoms with Crippen molar-refractivity contribution in [1.29, 1.82) is 0 Å². The van der Waals surface area contributed by atoms with Gasteiger partial charge in [-0.3, -0.25) is 4.79 Å². The maximum absolute atomic E-state index is 12.1. The van der Waals surface area contributed by atoms with E-state index >= 15 is 0 Å².